The van der Waals surface area contributed by atoms with Gasteiger partial charge in [0.2, 0.25) is 0 Å². The van der Waals surface area contributed by atoms with Gasteiger partial charge in [-0.05, 0) is 31.2 Å². The van der Waals surface area contributed by atoms with Crippen molar-refractivity contribution in [2.45, 2.75) is 6.92 Å². The van der Waals surface area contributed by atoms with E-state index in [1.54, 1.807) is 0 Å². The number of para-hydroxylation sites is 1. The molecule has 0 radical (unpaired) electrons. The van der Waals surface area contributed by atoms with Crippen LogP contribution in [0.1, 0.15) is 17.3 Å². The fourth-order valence-corrected chi connectivity index (χ4v) is 2.28. The van der Waals surface area contributed by atoms with Gasteiger partial charge in [-0.3, -0.25) is 4.79 Å². The molecule has 3 nitrogen and oxygen atoms in total. The number of carbonyl (C=O) groups excluding carboxylic acids is 1. The summed E-state index contributed by atoms with van der Waals surface area (Å²) in [6, 6.07) is 19.6. The number of benzene rings is 2. The molecule has 0 saturated carbocycles. The van der Waals surface area contributed by atoms with Crippen molar-refractivity contribution in [3.63, 3.8) is 0 Å². The Kier molecular flexibility index (Phi) is 3.65. The maximum Gasteiger partial charge on any atom is 0.251 e. The number of amides is 1. The molecular weight excluding hydrogens is 260 g/mol. The van der Waals surface area contributed by atoms with Gasteiger partial charge in [0.05, 0.1) is 11.2 Å². The number of pyridine rings is 1. The Morgan fingerprint density at radius 3 is 2.52 bits per heavy atom. The van der Waals surface area contributed by atoms with Crippen molar-refractivity contribution in [3.05, 3.63) is 66.2 Å². The van der Waals surface area contributed by atoms with Gasteiger partial charge in [0.1, 0.15) is 0 Å². The standard InChI is InChI=1S/C18H16N2O/c1-2-19-18(21)15-9-7-14(8-10-15)17-12-11-13-5-3-4-6-16(13)20-17/h3-12H,2H2,1H3,(H,19,21). The van der Waals surface area contributed by atoms with E-state index in [-0.39, 0.29) is 5.91 Å². The topological polar surface area (TPSA) is 42.0 Å². The molecule has 0 aliphatic rings. The Hall–Kier alpha value is -2.68. The van der Waals surface area contributed by atoms with Gasteiger partial charge in [-0.25, -0.2) is 4.98 Å². The van der Waals surface area contributed by atoms with E-state index in [4.69, 9.17) is 0 Å². The fourth-order valence-electron chi connectivity index (χ4n) is 2.28. The molecule has 0 atom stereocenters. The van der Waals surface area contributed by atoms with Crippen LogP contribution in [0.5, 0.6) is 0 Å². The van der Waals surface area contributed by atoms with Crippen molar-refractivity contribution < 1.29 is 4.79 Å². The average Bonchev–Trinajstić information content (AvgIpc) is 2.55. The largest absolute Gasteiger partial charge is 0.352 e. The molecule has 104 valence electrons. The van der Waals surface area contributed by atoms with E-state index in [0.717, 1.165) is 22.2 Å². The molecule has 1 N–H and O–H groups in total. The van der Waals surface area contributed by atoms with E-state index in [1.807, 2.05) is 61.5 Å². The van der Waals surface area contributed by atoms with Crippen LogP contribution in [0.3, 0.4) is 0 Å². The minimum atomic E-state index is -0.0458. The Balaban J connectivity index is 1.93. The normalized spacial score (nSPS) is 10.5. The minimum Gasteiger partial charge on any atom is -0.352 e. The van der Waals surface area contributed by atoms with E-state index in [0.29, 0.717) is 12.1 Å². The van der Waals surface area contributed by atoms with Gasteiger partial charge < -0.3 is 5.32 Å². The van der Waals surface area contributed by atoms with Crippen LogP contribution < -0.4 is 5.32 Å². The molecule has 3 aromatic rings. The number of fused-ring (bicyclic) bond motifs is 1. The molecule has 0 spiro atoms. The second-order valence-electron chi connectivity index (χ2n) is 4.83. The molecule has 0 unspecified atom stereocenters. The zero-order valence-corrected chi connectivity index (χ0v) is 11.8. The Labute approximate surface area is 123 Å². The predicted molar refractivity (Wildman–Crippen MR) is 85.2 cm³/mol. The van der Waals surface area contributed by atoms with Crippen LogP contribution in [0.4, 0.5) is 0 Å². The molecular formula is C18H16N2O. The van der Waals surface area contributed by atoms with Crippen molar-refractivity contribution in [1.29, 1.82) is 0 Å². The van der Waals surface area contributed by atoms with E-state index in [1.165, 1.54) is 0 Å². The quantitative estimate of drug-likeness (QED) is 0.793. The SMILES string of the molecule is CCNC(=O)c1ccc(-c2ccc3ccccc3n2)cc1. The van der Waals surface area contributed by atoms with Crippen molar-refractivity contribution in [1.82, 2.24) is 10.3 Å². The van der Waals surface area contributed by atoms with Crippen molar-refractivity contribution in [2.24, 2.45) is 0 Å². The number of rotatable bonds is 3. The first-order valence-corrected chi connectivity index (χ1v) is 7.02. The second-order valence-corrected chi connectivity index (χ2v) is 4.83. The molecule has 0 saturated heterocycles. The monoisotopic (exact) mass is 276 g/mol. The van der Waals surface area contributed by atoms with Crippen molar-refractivity contribution in [3.8, 4) is 11.3 Å². The second kappa shape index (κ2) is 5.75. The van der Waals surface area contributed by atoms with Gasteiger partial charge in [0, 0.05) is 23.1 Å². The summed E-state index contributed by atoms with van der Waals surface area (Å²) in [6.07, 6.45) is 0. The zero-order chi connectivity index (χ0) is 14.7. The average molecular weight is 276 g/mol. The highest BCUT2D eigenvalue weighted by Gasteiger charge is 2.05. The van der Waals surface area contributed by atoms with Crippen LogP contribution >= 0.6 is 0 Å². The van der Waals surface area contributed by atoms with Crippen LogP contribution in [0.2, 0.25) is 0 Å². The number of hydrogen-bond acceptors (Lipinski definition) is 2. The van der Waals surface area contributed by atoms with Gasteiger partial charge in [0.15, 0.2) is 0 Å². The van der Waals surface area contributed by atoms with Crippen LogP contribution in [0.15, 0.2) is 60.7 Å². The minimum absolute atomic E-state index is 0.0458. The highest BCUT2D eigenvalue weighted by molar-refractivity contribution is 5.94. The lowest BCUT2D eigenvalue weighted by atomic mass is 10.1. The van der Waals surface area contributed by atoms with Gasteiger partial charge in [-0.2, -0.15) is 0 Å². The summed E-state index contributed by atoms with van der Waals surface area (Å²) in [4.78, 5) is 16.4. The molecule has 1 aromatic heterocycles. The van der Waals surface area contributed by atoms with E-state index >= 15 is 0 Å². The Morgan fingerprint density at radius 2 is 1.76 bits per heavy atom. The van der Waals surface area contributed by atoms with Crippen LogP contribution in [-0.4, -0.2) is 17.4 Å². The number of nitrogens with zero attached hydrogens (tertiary/aromatic N) is 1. The molecule has 3 rings (SSSR count). The van der Waals surface area contributed by atoms with Crippen LogP contribution in [0.25, 0.3) is 22.2 Å². The molecule has 0 bridgehead atoms. The lowest BCUT2D eigenvalue weighted by molar-refractivity contribution is 0.0956. The van der Waals surface area contributed by atoms with Crippen molar-refractivity contribution in [2.75, 3.05) is 6.54 Å². The number of nitrogens with one attached hydrogen (secondary N) is 1. The molecule has 0 aliphatic heterocycles. The zero-order valence-electron chi connectivity index (χ0n) is 11.8. The summed E-state index contributed by atoms with van der Waals surface area (Å²) in [7, 11) is 0. The van der Waals surface area contributed by atoms with Crippen LogP contribution in [0, 0.1) is 0 Å². The highest BCUT2D eigenvalue weighted by Crippen LogP contribution is 2.21. The third-order valence-corrected chi connectivity index (χ3v) is 3.38. The van der Waals surface area contributed by atoms with E-state index in [9.17, 15) is 4.79 Å². The molecule has 2 aromatic carbocycles. The third kappa shape index (κ3) is 2.77. The molecule has 0 aliphatic carbocycles. The summed E-state index contributed by atoms with van der Waals surface area (Å²) in [5, 5.41) is 3.92. The summed E-state index contributed by atoms with van der Waals surface area (Å²) >= 11 is 0. The van der Waals surface area contributed by atoms with Gasteiger partial charge in [-0.15, -0.1) is 0 Å². The third-order valence-electron chi connectivity index (χ3n) is 3.38. The Morgan fingerprint density at radius 1 is 1.00 bits per heavy atom. The predicted octanol–water partition coefficient (Wildman–Crippen LogP) is 3.65. The highest BCUT2D eigenvalue weighted by atomic mass is 16.1. The summed E-state index contributed by atoms with van der Waals surface area (Å²) in [5.74, 6) is -0.0458. The van der Waals surface area contributed by atoms with E-state index in [2.05, 4.69) is 16.4 Å². The summed E-state index contributed by atoms with van der Waals surface area (Å²) in [5.41, 5.74) is 3.56. The van der Waals surface area contributed by atoms with Gasteiger partial charge in [-0.1, -0.05) is 36.4 Å². The maximum absolute atomic E-state index is 11.7. The van der Waals surface area contributed by atoms with Gasteiger partial charge in [0.25, 0.3) is 5.91 Å². The molecule has 0 fully saturated rings. The van der Waals surface area contributed by atoms with E-state index < -0.39 is 0 Å². The van der Waals surface area contributed by atoms with Crippen LogP contribution in [-0.2, 0) is 0 Å². The maximum atomic E-state index is 11.7. The van der Waals surface area contributed by atoms with Crippen molar-refractivity contribution >= 4 is 16.8 Å². The Bertz CT molecular complexity index is 779. The molecule has 1 heterocycles. The lowest BCUT2D eigenvalue weighted by Crippen LogP contribution is -2.22. The molecule has 3 heteroatoms. The number of carbonyl (C=O) groups is 1. The summed E-state index contributed by atoms with van der Waals surface area (Å²) < 4.78 is 0. The summed E-state index contributed by atoms with van der Waals surface area (Å²) in [6.45, 7) is 2.54. The molecule has 21 heavy (non-hydrogen) atoms. The fraction of sp³-hybridized carbons (Fsp3) is 0.111. The smallest absolute Gasteiger partial charge is 0.251 e. The van der Waals surface area contributed by atoms with Gasteiger partial charge >= 0.3 is 0 Å². The first-order valence-electron chi connectivity index (χ1n) is 7.02. The first kappa shape index (κ1) is 13.3. The number of hydrogen-bond donors (Lipinski definition) is 1. The first-order chi connectivity index (χ1) is 10.3. The molecule has 1 amide bonds. The lowest BCUT2D eigenvalue weighted by Gasteiger charge is -2.05. The number of aromatic nitrogens is 1.